The van der Waals surface area contributed by atoms with Gasteiger partial charge in [0.25, 0.3) is 0 Å². The summed E-state index contributed by atoms with van der Waals surface area (Å²) in [7, 11) is 0. The van der Waals surface area contributed by atoms with Gasteiger partial charge >= 0.3 is 5.97 Å². The first-order valence-corrected chi connectivity index (χ1v) is 7.16. The molecular weight excluding hydrogens is 264 g/mol. The molecule has 1 aliphatic rings. The molecule has 19 heavy (non-hydrogen) atoms. The van der Waals surface area contributed by atoms with E-state index in [0.717, 1.165) is 12.8 Å². The van der Waals surface area contributed by atoms with Gasteiger partial charge in [0.15, 0.2) is 10.8 Å². The molecule has 0 spiro atoms. The number of anilines is 1. The Bertz CT molecular complexity index is 496. The van der Waals surface area contributed by atoms with Crippen LogP contribution < -0.4 is 5.32 Å². The summed E-state index contributed by atoms with van der Waals surface area (Å²) in [6, 6.07) is 0. The lowest BCUT2D eigenvalue weighted by molar-refractivity contribution is -0.116. The van der Waals surface area contributed by atoms with Crippen molar-refractivity contribution in [3.63, 3.8) is 0 Å². The van der Waals surface area contributed by atoms with E-state index in [0.29, 0.717) is 24.1 Å². The van der Waals surface area contributed by atoms with Gasteiger partial charge in [-0.15, -0.1) is 11.3 Å². The van der Waals surface area contributed by atoms with Crippen LogP contribution in [0.5, 0.6) is 0 Å². The lowest BCUT2D eigenvalue weighted by atomic mass is 10.1. The highest BCUT2D eigenvalue weighted by Gasteiger charge is 2.16. The highest BCUT2D eigenvalue weighted by atomic mass is 32.1. The number of rotatable bonds is 5. The van der Waals surface area contributed by atoms with Crippen LogP contribution in [0.2, 0.25) is 0 Å². The SMILES string of the molecule is CCOC(=O)c1csc(NC(=O)CC2C=CCC2)n1. The zero-order valence-electron chi connectivity index (χ0n) is 10.7. The summed E-state index contributed by atoms with van der Waals surface area (Å²) in [5.74, 6) is -0.205. The molecule has 1 atom stereocenters. The second-order valence-corrected chi connectivity index (χ2v) is 5.13. The molecule has 6 heteroatoms. The van der Waals surface area contributed by atoms with Crippen molar-refractivity contribution < 1.29 is 14.3 Å². The van der Waals surface area contributed by atoms with E-state index in [9.17, 15) is 9.59 Å². The van der Waals surface area contributed by atoms with Crippen LogP contribution in [0, 0.1) is 5.92 Å². The Morgan fingerprint density at radius 1 is 1.58 bits per heavy atom. The Kier molecular flexibility index (Phi) is 4.68. The molecule has 0 bridgehead atoms. The molecule has 2 rings (SSSR count). The highest BCUT2D eigenvalue weighted by Crippen LogP contribution is 2.22. The van der Waals surface area contributed by atoms with Gasteiger partial charge in [0.05, 0.1) is 6.61 Å². The summed E-state index contributed by atoms with van der Waals surface area (Å²) in [4.78, 5) is 27.2. The molecule has 0 saturated carbocycles. The molecule has 1 aliphatic carbocycles. The van der Waals surface area contributed by atoms with Crippen molar-refractivity contribution >= 4 is 28.3 Å². The minimum atomic E-state index is -0.460. The zero-order chi connectivity index (χ0) is 13.7. The van der Waals surface area contributed by atoms with Crippen LogP contribution in [0.25, 0.3) is 0 Å². The first-order valence-electron chi connectivity index (χ1n) is 6.28. The standard InChI is InChI=1S/C13H16N2O3S/c1-2-18-12(17)10-8-19-13(14-10)15-11(16)7-9-5-3-4-6-9/h3,5,8-9H,2,4,6-7H2,1H3,(H,14,15,16). The summed E-state index contributed by atoms with van der Waals surface area (Å²) in [5.41, 5.74) is 0.239. The summed E-state index contributed by atoms with van der Waals surface area (Å²) in [6.07, 6.45) is 6.71. The van der Waals surface area contributed by atoms with Crippen molar-refractivity contribution in [2.75, 3.05) is 11.9 Å². The van der Waals surface area contributed by atoms with Gasteiger partial charge in [0, 0.05) is 11.8 Å². The average molecular weight is 280 g/mol. The number of hydrogen-bond acceptors (Lipinski definition) is 5. The van der Waals surface area contributed by atoms with Gasteiger partial charge in [-0.25, -0.2) is 9.78 Å². The number of nitrogens with one attached hydrogen (secondary N) is 1. The molecule has 0 fully saturated rings. The second-order valence-electron chi connectivity index (χ2n) is 4.28. The van der Waals surface area contributed by atoms with E-state index in [1.54, 1.807) is 12.3 Å². The molecular formula is C13H16N2O3S. The van der Waals surface area contributed by atoms with E-state index in [1.165, 1.54) is 11.3 Å². The summed E-state index contributed by atoms with van der Waals surface area (Å²) >= 11 is 1.23. The van der Waals surface area contributed by atoms with Crippen LogP contribution in [0.1, 0.15) is 36.7 Å². The van der Waals surface area contributed by atoms with Crippen LogP contribution >= 0.6 is 11.3 Å². The summed E-state index contributed by atoms with van der Waals surface area (Å²) in [5, 5.41) is 4.74. The van der Waals surface area contributed by atoms with Gasteiger partial charge in [-0.1, -0.05) is 12.2 Å². The quantitative estimate of drug-likeness (QED) is 0.665. The molecule has 1 N–H and O–H groups in total. The predicted octanol–water partition coefficient (Wildman–Crippen LogP) is 2.61. The Labute approximate surface area is 115 Å². The van der Waals surface area contributed by atoms with E-state index in [4.69, 9.17) is 4.74 Å². The minimum absolute atomic E-state index is 0.0682. The minimum Gasteiger partial charge on any atom is -0.461 e. The zero-order valence-corrected chi connectivity index (χ0v) is 11.5. The van der Waals surface area contributed by atoms with Crippen molar-refractivity contribution in [3.8, 4) is 0 Å². The highest BCUT2D eigenvalue weighted by molar-refractivity contribution is 7.14. The Morgan fingerprint density at radius 3 is 3.11 bits per heavy atom. The molecule has 1 heterocycles. The van der Waals surface area contributed by atoms with Crippen molar-refractivity contribution in [1.82, 2.24) is 4.98 Å². The van der Waals surface area contributed by atoms with Gasteiger partial charge in [0.2, 0.25) is 5.91 Å². The lowest BCUT2D eigenvalue weighted by Crippen LogP contribution is -2.15. The van der Waals surface area contributed by atoms with Crippen molar-refractivity contribution in [2.24, 2.45) is 5.92 Å². The number of thiazole rings is 1. The molecule has 1 aromatic heterocycles. The van der Waals surface area contributed by atoms with E-state index < -0.39 is 5.97 Å². The largest absolute Gasteiger partial charge is 0.461 e. The fourth-order valence-corrected chi connectivity index (χ4v) is 2.60. The molecule has 0 saturated heterocycles. The number of esters is 1. The van der Waals surface area contributed by atoms with Gasteiger partial charge in [-0.3, -0.25) is 4.79 Å². The molecule has 0 aromatic carbocycles. The number of nitrogens with zero attached hydrogens (tertiary/aromatic N) is 1. The molecule has 1 amide bonds. The second kappa shape index (κ2) is 6.47. The third kappa shape index (κ3) is 3.89. The molecule has 5 nitrogen and oxygen atoms in total. The van der Waals surface area contributed by atoms with E-state index in [2.05, 4.69) is 22.5 Å². The van der Waals surface area contributed by atoms with Crippen LogP contribution in [0.15, 0.2) is 17.5 Å². The first-order chi connectivity index (χ1) is 9.19. The van der Waals surface area contributed by atoms with Crippen LogP contribution in [-0.4, -0.2) is 23.5 Å². The lowest BCUT2D eigenvalue weighted by Gasteiger charge is -2.06. The monoisotopic (exact) mass is 280 g/mol. The number of carbonyl (C=O) groups excluding carboxylic acids is 2. The van der Waals surface area contributed by atoms with Crippen molar-refractivity contribution in [2.45, 2.75) is 26.2 Å². The Hall–Kier alpha value is -1.69. The normalized spacial score (nSPS) is 17.4. The van der Waals surface area contributed by atoms with E-state index >= 15 is 0 Å². The van der Waals surface area contributed by atoms with Crippen LogP contribution in [0.4, 0.5) is 5.13 Å². The Balaban J connectivity index is 1.86. The van der Waals surface area contributed by atoms with E-state index in [1.807, 2.05) is 0 Å². The smallest absolute Gasteiger partial charge is 0.357 e. The molecule has 1 aromatic rings. The number of amides is 1. The number of ether oxygens (including phenoxy) is 1. The fraction of sp³-hybridized carbons (Fsp3) is 0.462. The maximum atomic E-state index is 11.8. The third-order valence-corrected chi connectivity index (χ3v) is 3.55. The van der Waals surface area contributed by atoms with Gasteiger partial charge in [-0.2, -0.15) is 0 Å². The molecule has 1 unspecified atom stereocenters. The summed E-state index contributed by atoms with van der Waals surface area (Å²) in [6.45, 7) is 2.05. The van der Waals surface area contributed by atoms with E-state index in [-0.39, 0.29) is 11.6 Å². The van der Waals surface area contributed by atoms with Crippen molar-refractivity contribution in [1.29, 1.82) is 0 Å². The number of hydrogen-bond donors (Lipinski definition) is 1. The Morgan fingerprint density at radius 2 is 2.42 bits per heavy atom. The summed E-state index contributed by atoms with van der Waals surface area (Å²) < 4.78 is 4.84. The van der Waals surface area contributed by atoms with Gasteiger partial charge in [-0.05, 0) is 25.7 Å². The maximum Gasteiger partial charge on any atom is 0.357 e. The van der Waals surface area contributed by atoms with Gasteiger partial charge in [0.1, 0.15) is 0 Å². The molecule has 0 radical (unpaired) electrons. The molecule has 0 aliphatic heterocycles. The predicted molar refractivity (Wildman–Crippen MR) is 73.2 cm³/mol. The van der Waals surface area contributed by atoms with Crippen LogP contribution in [-0.2, 0) is 9.53 Å². The van der Waals surface area contributed by atoms with Crippen molar-refractivity contribution in [3.05, 3.63) is 23.2 Å². The number of carbonyl (C=O) groups is 2. The average Bonchev–Trinajstić information content (AvgIpc) is 3.00. The third-order valence-electron chi connectivity index (χ3n) is 2.80. The van der Waals surface area contributed by atoms with Gasteiger partial charge < -0.3 is 10.1 Å². The topological polar surface area (TPSA) is 68.3 Å². The number of allylic oxidation sites excluding steroid dienone is 2. The fourth-order valence-electron chi connectivity index (χ4n) is 1.90. The number of aromatic nitrogens is 1. The molecule has 102 valence electrons. The maximum absolute atomic E-state index is 11.8. The van der Waals surface area contributed by atoms with Crippen LogP contribution in [0.3, 0.4) is 0 Å². The first kappa shape index (κ1) is 13.7.